The van der Waals surface area contributed by atoms with Gasteiger partial charge in [0.15, 0.2) is 0 Å². The zero-order chi connectivity index (χ0) is 16.2. The highest BCUT2D eigenvalue weighted by Crippen LogP contribution is 2.35. The van der Waals surface area contributed by atoms with Crippen molar-refractivity contribution in [3.05, 3.63) is 23.2 Å². The molecule has 0 aromatic heterocycles. The summed E-state index contributed by atoms with van der Waals surface area (Å²) in [5.74, 6) is 0.310. The molecule has 2 fully saturated rings. The van der Waals surface area contributed by atoms with Gasteiger partial charge in [0.2, 0.25) is 5.91 Å². The number of anilines is 2. The van der Waals surface area contributed by atoms with E-state index < -0.39 is 0 Å². The normalized spacial score (nSPS) is 22.7. The van der Waals surface area contributed by atoms with Crippen LogP contribution in [0, 0.1) is 5.92 Å². The lowest BCUT2D eigenvalue weighted by molar-refractivity contribution is -0.117. The van der Waals surface area contributed by atoms with Crippen molar-refractivity contribution in [2.24, 2.45) is 11.7 Å². The van der Waals surface area contributed by atoms with Crippen molar-refractivity contribution in [1.82, 2.24) is 0 Å². The van der Waals surface area contributed by atoms with E-state index in [0.717, 1.165) is 43.7 Å². The highest BCUT2D eigenvalue weighted by Gasteiger charge is 2.27. The van der Waals surface area contributed by atoms with Crippen LogP contribution in [0.4, 0.5) is 11.4 Å². The molecule has 2 atom stereocenters. The first-order valence-corrected chi connectivity index (χ1v) is 8.69. The van der Waals surface area contributed by atoms with Gasteiger partial charge in [-0.05, 0) is 30.9 Å². The average Bonchev–Trinajstić information content (AvgIpc) is 2.93. The fourth-order valence-electron chi connectivity index (χ4n) is 3.48. The average molecular weight is 411 g/mol. The molecule has 1 aromatic rings. The van der Waals surface area contributed by atoms with Gasteiger partial charge in [-0.15, -0.1) is 24.8 Å². The maximum absolute atomic E-state index is 12.4. The number of nitrogens with one attached hydrogen (secondary N) is 1. The second-order valence-corrected chi connectivity index (χ2v) is 6.75. The van der Waals surface area contributed by atoms with Crippen molar-refractivity contribution >= 4 is 53.7 Å². The zero-order valence-corrected chi connectivity index (χ0v) is 16.5. The molecule has 8 heteroatoms. The first-order valence-electron chi connectivity index (χ1n) is 8.32. The molecular formula is C17H26Cl3N3O2. The number of benzene rings is 1. The van der Waals surface area contributed by atoms with E-state index in [0.29, 0.717) is 30.6 Å². The molecule has 1 aromatic carbocycles. The van der Waals surface area contributed by atoms with Crippen LogP contribution in [0.3, 0.4) is 0 Å². The fraction of sp³-hybridized carbons (Fsp3) is 0.588. The summed E-state index contributed by atoms with van der Waals surface area (Å²) in [7, 11) is 0. The minimum Gasteiger partial charge on any atom is -0.378 e. The molecule has 0 bridgehead atoms. The second-order valence-electron chi connectivity index (χ2n) is 6.34. The molecule has 1 aliphatic carbocycles. The topological polar surface area (TPSA) is 67.6 Å². The summed E-state index contributed by atoms with van der Waals surface area (Å²) in [5.41, 5.74) is 7.73. The standard InChI is InChI=1S/C17H24ClN3O2.2ClH/c18-13-4-2-6-15(17(13)21-7-9-23-10-8-21)20-16(22)11-12-3-1-5-14(12)19;;/h2,4,6,12,14H,1,3,5,7-11,19H2,(H,20,22);2*1H/t12-,14+;;/m0../s1. The lowest BCUT2D eigenvalue weighted by Gasteiger charge is -2.31. The quantitative estimate of drug-likeness (QED) is 0.797. The Morgan fingerprint density at radius 1 is 1.28 bits per heavy atom. The third-order valence-electron chi connectivity index (χ3n) is 4.75. The van der Waals surface area contributed by atoms with Crippen LogP contribution >= 0.6 is 36.4 Å². The number of amides is 1. The second kappa shape index (κ2) is 10.4. The molecule has 142 valence electrons. The number of nitrogens with two attached hydrogens (primary N) is 1. The fourth-order valence-corrected chi connectivity index (χ4v) is 3.78. The first kappa shape index (κ1) is 22.3. The zero-order valence-electron chi connectivity index (χ0n) is 14.1. The Bertz CT molecular complexity index is 568. The molecule has 3 rings (SSSR count). The van der Waals surface area contributed by atoms with Crippen LogP contribution in [0.2, 0.25) is 5.02 Å². The molecule has 0 radical (unpaired) electrons. The van der Waals surface area contributed by atoms with Gasteiger partial charge in [-0.2, -0.15) is 0 Å². The lowest BCUT2D eigenvalue weighted by Crippen LogP contribution is -2.37. The van der Waals surface area contributed by atoms with Crippen LogP contribution in [0.5, 0.6) is 0 Å². The maximum Gasteiger partial charge on any atom is 0.224 e. The third-order valence-corrected chi connectivity index (χ3v) is 5.06. The Balaban J connectivity index is 0.00000156. The minimum atomic E-state index is 0. The number of rotatable bonds is 4. The van der Waals surface area contributed by atoms with Crippen molar-refractivity contribution in [3.8, 4) is 0 Å². The largest absolute Gasteiger partial charge is 0.378 e. The molecule has 25 heavy (non-hydrogen) atoms. The highest BCUT2D eigenvalue weighted by molar-refractivity contribution is 6.34. The van der Waals surface area contributed by atoms with Gasteiger partial charge >= 0.3 is 0 Å². The van der Waals surface area contributed by atoms with Gasteiger partial charge in [-0.3, -0.25) is 4.79 Å². The summed E-state index contributed by atoms with van der Waals surface area (Å²) in [6.07, 6.45) is 3.67. The molecular weight excluding hydrogens is 385 g/mol. The molecule has 5 nitrogen and oxygen atoms in total. The molecule has 1 amide bonds. The molecule has 0 spiro atoms. The van der Waals surface area contributed by atoms with Crippen molar-refractivity contribution in [2.45, 2.75) is 31.7 Å². The maximum atomic E-state index is 12.4. The van der Waals surface area contributed by atoms with Gasteiger partial charge in [0.05, 0.1) is 29.6 Å². The van der Waals surface area contributed by atoms with Crippen LogP contribution in [0.15, 0.2) is 18.2 Å². The minimum absolute atomic E-state index is 0. The van der Waals surface area contributed by atoms with Crippen LogP contribution < -0.4 is 16.0 Å². The Hall–Kier alpha value is -0.720. The van der Waals surface area contributed by atoms with E-state index in [2.05, 4.69) is 10.2 Å². The summed E-state index contributed by atoms with van der Waals surface area (Å²) >= 11 is 6.39. The molecule has 0 unspecified atom stereocenters. The summed E-state index contributed by atoms with van der Waals surface area (Å²) in [4.78, 5) is 14.6. The number of carbonyl (C=O) groups is 1. The van der Waals surface area contributed by atoms with E-state index in [1.54, 1.807) is 0 Å². The SMILES string of the molecule is Cl.Cl.N[C@@H]1CCC[C@H]1CC(=O)Nc1cccc(Cl)c1N1CCOCC1. The smallest absolute Gasteiger partial charge is 0.224 e. The van der Waals surface area contributed by atoms with Gasteiger partial charge in [0.1, 0.15) is 0 Å². The Labute approximate surface area is 166 Å². The number of hydrogen-bond donors (Lipinski definition) is 2. The molecule has 2 aliphatic rings. The van der Waals surface area contributed by atoms with Crippen molar-refractivity contribution in [1.29, 1.82) is 0 Å². The first-order chi connectivity index (χ1) is 11.1. The summed E-state index contributed by atoms with van der Waals surface area (Å²) in [6, 6.07) is 5.78. The number of carbonyl (C=O) groups excluding carboxylic acids is 1. The van der Waals surface area contributed by atoms with Gasteiger partial charge in [-0.25, -0.2) is 0 Å². The third kappa shape index (κ3) is 5.63. The van der Waals surface area contributed by atoms with Gasteiger partial charge in [-0.1, -0.05) is 24.1 Å². The van der Waals surface area contributed by atoms with Crippen molar-refractivity contribution in [3.63, 3.8) is 0 Å². The number of para-hydroxylation sites is 1. The van der Waals surface area contributed by atoms with Crippen LogP contribution in [0.1, 0.15) is 25.7 Å². The van der Waals surface area contributed by atoms with Crippen molar-refractivity contribution in [2.75, 3.05) is 36.5 Å². The van der Waals surface area contributed by atoms with Crippen molar-refractivity contribution < 1.29 is 9.53 Å². The summed E-state index contributed by atoms with van der Waals surface area (Å²) in [6.45, 7) is 2.91. The molecule has 1 saturated carbocycles. The highest BCUT2D eigenvalue weighted by atomic mass is 35.5. The van der Waals surface area contributed by atoms with E-state index >= 15 is 0 Å². The Kier molecular flexibility index (Phi) is 9.32. The summed E-state index contributed by atoms with van der Waals surface area (Å²) < 4.78 is 5.40. The van der Waals surface area contributed by atoms with Crippen LogP contribution in [-0.4, -0.2) is 38.3 Å². The van der Waals surface area contributed by atoms with E-state index in [-0.39, 0.29) is 36.8 Å². The Morgan fingerprint density at radius 3 is 2.64 bits per heavy atom. The predicted octanol–water partition coefficient (Wildman–Crippen LogP) is 3.48. The van der Waals surface area contributed by atoms with E-state index in [4.69, 9.17) is 22.1 Å². The Morgan fingerprint density at radius 2 is 2.00 bits per heavy atom. The van der Waals surface area contributed by atoms with E-state index in [1.165, 1.54) is 0 Å². The molecule has 1 saturated heterocycles. The lowest BCUT2D eigenvalue weighted by atomic mass is 10.00. The number of ether oxygens (including phenoxy) is 1. The van der Waals surface area contributed by atoms with E-state index in [9.17, 15) is 4.79 Å². The molecule has 1 heterocycles. The van der Waals surface area contributed by atoms with Gasteiger partial charge < -0.3 is 20.7 Å². The van der Waals surface area contributed by atoms with Gasteiger partial charge in [0, 0.05) is 25.6 Å². The van der Waals surface area contributed by atoms with E-state index in [1.807, 2.05) is 18.2 Å². The summed E-state index contributed by atoms with van der Waals surface area (Å²) in [5, 5.41) is 3.69. The monoisotopic (exact) mass is 409 g/mol. The number of nitrogens with zero attached hydrogens (tertiary/aromatic N) is 1. The van der Waals surface area contributed by atoms with Crippen LogP contribution in [0.25, 0.3) is 0 Å². The van der Waals surface area contributed by atoms with Gasteiger partial charge in [0.25, 0.3) is 0 Å². The molecule has 1 aliphatic heterocycles. The number of halogens is 3. The number of hydrogen-bond acceptors (Lipinski definition) is 4. The molecule has 3 N–H and O–H groups in total. The number of morpholine rings is 1. The predicted molar refractivity (Wildman–Crippen MR) is 108 cm³/mol. The van der Waals surface area contributed by atoms with Crippen LogP contribution in [-0.2, 0) is 9.53 Å².